The number of nitrogens with zero attached hydrogens (tertiary/aromatic N) is 2. The summed E-state index contributed by atoms with van der Waals surface area (Å²) in [6.45, 7) is 6.62. The summed E-state index contributed by atoms with van der Waals surface area (Å²) >= 11 is 0. The lowest BCUT2D eigenvalue weighted by molar-refractivity contribution is 0.103. The molecule has 36 heavy (non-hydrogen) atoms. The molecule has 0 aliphatic rings. The largest absolute Gasteiger partial charge is 0.410 e. The van der Waals surface area contributed by atoms with Gasteiger partial charge in [-0.1, -0.05) is 53.7 Å². The van der Waals surface area contributed by atoms with Crippen LogP contribution in [0.1, 0.15) is 49.9 Å². The highest BCUT2D eigenvalue weighted by Crippen LogP contribution is 2.32. The molecular formula is C31H26N2O3. The normalized spacial score (nSPS) is 11.8. The zero-order valence-corrected chi connectivity index (χ0v) is 20.4. The van der Waals surface area contributed by atoms with Crippen LogP contribution in [0.3, 0.4) is 0 Å². The number of oxime groups is 1. The zero-order chi connectivity index (χ0) is 25.4. The van der Waals surface area contributed by atoms with Crippen molar-refractivity contribution in [1.29, 1.82) is 0 Å². The second-order valence-electron chi connectivity index (χ2n) is 8.94. The molecule has 0 spiro atoms. The minimum Gasteiger partial charge on any atom is -0.410 e. The van der Waals surface area contributed by atoms with Crippen molar-refractivity contribution in [2.45, 2.75) is 27.3 Å². The van der Waals surface area contributed by atoms with Crippen molar-refractivity contribution >= 4 is 39.1 Å². The molecule has 5 rings (SSSR count). The number of hydrogen-bond acceptors (Lipinski definition) is 4. The summed E-state index contributed by atoms with van der Waals surface area (Å²) in [7, 11) is 0. The SMILES string of the molecule is CCn1c2ccc(C(=O)/C(=N/O)c3ccccc3C)cc2c2cc(C(=O)c3ccccc3C)ccc21. The molecule has 0 saturated carbocycles. The molecule has 4 aromatic carbocycles. The molecule has 0 atom stereocenters. The van der Waals surface area contributed by atoms with Gasteiger partial charge in [-0.2, -0.15) is 0 Å². The Kier molecular flexibility index (Phi) is 5.98. The van der Waals surface area contributed by atoms with Crippen LogP contribution in [-0.4, -0.2) is 27.1 Å². The third kappa shape index (κ3) is 3.79. The van der Waals surface area contributed by atoms with Gasteiger partial charge >= 0.3 is 0 Å². The maximum Gasteiger partial charge on any atom is 0.215 e. The highest BCUT2D eigenvalue weighted by atomic mass is 16.4. The third-order valence-electron chi connectivity index (χ3n) is 6.81. The summed E-state index contributed by atoms with van der Waals surface area (Å²) in [4.78, 5) is 26.7. The fourth-order valence-corrected chi connectivity index (χ4v) is 4.91. The highest BCUT2D eigenvalue weighted by Gasteiger charge is 2.21. The summed E-state index contributed by atoms with van der Waals surface area (Å²) in [5.74, 6) is -0.396. The van der Waals surface area contributed by atoms with Crippen LogP contribution >= 0.6 is 0 Å². The first-order valence-electron chi connectivity index (χ1n) is 11.9. The molecule has 5 heteroatoms. The second-order valence-corrected chi connectivity index (χ2v) is 8.94. The maximum absolute atomic E-state index is 13.4. The van der Waals surface area contributed by atoms with E-state index in [2.05, 4.69) is 16.6 Å². The summed E-state index contributed by atoms with van der Waals surface area (Å²) < 4.78 is 2.17. The molecule has 5 nitrogen and oxygen atoms in total. The van der Waals surface area contributed by atoms with Gasteiger partial charge in [0.1, 0.15) is 0 Å². The van der Waals surface area contributed by atoms with E-state index in [4.69, 9.17) is 0 Å². The molecule has 1 heterocycles. The monoisotopic (exact) mass is 474 g/mol. The molecule has 0 bridgehead atoms. The maximum atomic E-state index is 13.4. The van der Waals surface area contributed by atoms with Crippen molar-refractivity contribution in [3.8, 4) is 0 Å². The van der Waals surface area contributed by atoms with Gasteiger partial charge in [-0.3, -0.25) is 9.59 Å². The molecular weight excluding hydrogens is 448 g/mol. The van der Waals surface area contributed by atoms with Crippen LogP contribution in [-0.2, 0) is 6.54 Å². The summed E-state index contributed by atoms with van der Waals surface area (Å²) in [5.41, 5.74) is 6.03. The number of hydrogen-bond donors (Lipinski definition) is 1. The van der Waals surface area contributed by atoms with E-state index in [-0.39, 0.29) is 17.3 Å². The Balaban J connectivity index is 1.66. The van der Waals surface area contributed by atoms with Crippen LogP contribution in [0, 0.1) is 13.8 Å². The van der Waals surface area contributed by atoms with Crippen molar-refractivity contribution in [3.05, 3.63) is 118 Å². The van der Waals surface area contributed by atoms with Gasteiger partial charge in [0, 0.05) is 50.6 Å². The molecule has 0 unspecified atom stereocenters. The Bertz CT molecular complexity index is 1690. The van der Waals surface area contributed by atoms with Crippen LogP contribution in [0.25, 0.3) is 21.8 Å². The van der Waals surface area contributed by atoms with Crippen molar-refractivity contribution in [2.75, 3.05) is 0 Å². The molecule has 0 aliphatic heterocycles. The van der Waals surface area contributed by atoms with E-state index >= 15 is 0 Å². The molecule has 1 aromatic heterocycles. The number of aryl methyl sites for hydroxylation is 3. The number of rotatable bonds is 6. The molecule has 0 saturated heterocycles. The number of aromatic nitrogens is 1. The van der Waals surface area contributed by atoms with Gasteiger partial charge in [-0.05, 0) is 68.3 Å². The zero-order valence-electron chi connectivity index (χ0n) is 20.4. The molecule has 0 radical (unpaired) electrons. The van der Waals surface area contributed by atoms with E-state index in [9.17, 15) is 14.8 Å². The standard InChI is InChI=1S/C31H26N2O3/c1-4-33-27-15-13-21(30(34)24-12-8-6-10-20(24)3)17-25(27)26-18-22(14-16-28(26)33)31(35)29(32-36)23-11-7-5-9-19(23)2/h5-18,36H,4H2,1-3H3/b32-29+. The predicted molar refractivity (Wildman–Crippen MR) is 144 cm³/mol. The predicted octanol–water partition coefficient (Wildman–Crippen LogP) is 6.72. The first kappa shape index (κ1) is 23.2. The minimum atomic E-state index is -0.363. The molecule has 0 aliphatic carbocycles. The Morgan fingerprint density at radius 2 is 1.28 bits per heavy atom. The number of Topliss-reactive ketones (excluding diaryl/α,β-unsaturated/α-hetero) is 1. The van der Waals surface area contributed by atoms with Crippen LogP contribution in [0.2, 0.25) is 0 Å². The van der Waals surface area contributed by atoms with E-state index in [1.807, 2.05) is 86.6 Å². The molecule has 178 valence electrons. The van der Waals surface area contributed by atoms with E-state index in [1.165, 1.54) is 0 Å². The van der Waals surface area contributed by atoms with Gasteiger partial charge in [-0.25, -0.2) is 0 Å². The van der Waals surface area contributed by atoms with Crippen LogP contribution in [0.15, 0.2) is 90.1 Å². The average molecular weight is 475 g/mol. The number of benzene rings is 4. The number of ketones is 2. The van der Waals surface area contributed by atoms with Gasteiger partial charge in [0.05, 0.1) is 0 Å². The first-order valence-corrected chi connectivity index (χ1v) is 11.9. The Morgan fingerprint density at radius 1 is 0.750 bits per heavy atom. The van der Waals surface area contributed by atoms with E-state index in [0.29, 0.717) is 22.3 Å². The average Bonchev–Trinajstić information content (AvgIpc) is 3.22. The second kappa shape index (κ2) is 9.27. The van der Waals surface area contributed by atoms with Crippen LogP contribution in [0.5, 0.6) is 0 Å². The lowest BCUT2D eigenvalue weighted by Crippen LogP contribution is -2.17. The number of fused-ring (bicyclic) bond motifs is 3. The van der Waals surface area contributed by atoms with Gasteiger partial charge in [-0.15, -0.1) is 0 Å². The minimum absolute atomic E-state index is 0.00194. The van der Waals surface area contributed by atoms with Crippen molar-refractivity contribution in [2.24, 2.45) is 5.16 Å². The van der Waals surface area contributed by atoms with Gasteiger partial charge < -0.3 is 9.77 Å². The lowest BCUT2D eigenvalue weighted by Gasteiger charge is -2.08. The van der Waals surface area contributed by atoms with Crippen molar-refractivity contribution < 1.29 is 14.8 Å². The van der Waals surface area contributed by atoms with Gasteiger partial charge in [0.15, 0.2) is 11.5 Å². The van der Waals surface area contributed by atoms with Crippen molar-refractivity contribution in [1.82, 2.24) is 4.57 Å². The van der Waals surface area contributed by atoms with E-state index in [0.717, 1.165) is 39.5 Å². The Labute approximate surface area is 209 Å². The summed E-state index contributed by atoms with van der Waals surface area (Å²) in [6.07, 6.45) is 0. The molecule has 5 aromatic rings. The number of carbonyl (C=O) groups is 2. The van der Waals surface area contributed by atoms with Gasteiger partial charge in [0.2, 0.25) is 5.78 Å². The number of carbonyl (C=O) groups excluding carboxylic acids is 2. The molecule has 0 amide bonds. The van der Waals surface area contributed by atoms with Gasteiger partial charge in [0.25, 0.3) is 0 Å². The summed E-state index contributed by atoms with van der Waals surface area (Å²) in [5, 5.41) is 14.8. The third-order valence-corrected chi connectivity index (χ3v) is 6.81. The fraction of sp³-hybridized carbons (Fsp3) is 0.129. The topological polar surface area (TPSA) is 71.7 Å². The molecule has 0 fully saturated rings. The highest BCUT2D eigenvalue weighted by molar-refractivity contribution is 6.51. The Hall–Kier alpha value is -4.51. The van der Waals surface area contributed by atoms with Crippen LogP contribution in [0.4, 0.5) is 0 Å². The van der Waals surface area contributed by atoms with E-state index in [1.54, 1.807) is 12.1 Å². The fourth-order valence-electron chi connectivity index (χ4n) is 4.91. The van der Waals surface area contributed by atoms with Crippen LogP contribution < -0.4 is 0 Å². The molecule has 1 N–H and O–H groups in total. The smallest absolute Gasteiger partial charge is 0.215 e. The Morgan fingerprint density at radius 3 is 1.83 bits per heavy atom. The lowest BCUT2D eigenvalue weighted by atomic mass is 9.95. The van der Waals surface area contributed by atoms with E-state index < -0.39 is 0 Å². The summed E-state index contributed by atoms with van der Waals surface area (Å²) in [6, 6.07) is 26.2. The first-order chi connectivity index (χ1) is 17.4. The quantitative estimate of drug-likeness (QED) is 0.128. The van der Waals surface area contributed by atoms with Crippen molar-refractivity contribution in [3.63, 3.8) is 0 Å².